The van der Waals surface area contributed by atoms with Crippen molar-refractivity contribution in [2.24, 2.45) is 0 Å². The first kappa shape index (κ1) is 15.9. The fraction of sp³-hybridized carbons (Fsp3) is 0.238. The number of aliphatic hydroxyl groups excluding tert-OH is 1. The highest BCUT2D eigenvalue weighted by Gasteiger charge is 1.96. The van der Waals surface area contributed by atoms with Gasteiger partial charge in [-0.05, 0) is 41.3 Å². The molecule has 0 aliphatic carbocycles. The monoisotopic (exact) mass is 288 g/mol. The van der Waals surface area contributed by atoms with E-state index in [1.165, 1.54) is 10.8 Å². The molecule has 0 fully saturated rings. The highest BCUT2D eigenvalue weighted by Crippen LogP contribution is 2.17. The van der Waals surface area contributed by atoms with E-state index in [1.807, 2.05) is 24.3 Å². The van der Waals surface area contributed by atoms with Crippen molar-refractivity contribution < 1.29 is 5.11 Å². The molecule has 110 valence electrons. The Morgan fingerprint density at radius 2 is 1.82 bits per heavy atom. The van der Waals surface area contributed by atoms with Gasteiger partial charge in [-0.2, -0.15) is 0 Å². The molecule has 2 aromatic carbocycles. The second kappa shape index (κ2) is 8.73. The van der Waals surface area contributed by atoms with Crippen LogP contribution in [0.15, 0.2) is 48.0 Å². The summed E-state index contributed by atoms with van der Waals surface area (Å²) < 4.78 is 0. The molecule has 2 aromatic rings. The SMILES string of the molecule is C#CCCCCC#C/C(=C\c1ccc2ccccc2c1)CO. The average Bonchev–Trinajstić information content (AvgIpc) is 2.56. The molecule has 0 amide bonds. The van der Waals surface area contributed by atoms with Gasteiger partial charge < -0.3 is 5.11 Å². The van der Waals surface area contributed by atoms with Crippen LogP contribution in [0.5, 0.6) is 0 Å². The van der Waals surface area contributed by atoms with Crippen molar-refractivity contribution in [3.63, 3.8) is 0 Å². The standard InChI is InChI=1S/C21H20O/c1-2-3-4-5-6-7-10-19(17-22)15-18-13-14-20-11-8-9-12-21(20)16-18/h1,8-9,11-16,22H,3-6,17H2/b19-15+. The summed E-state index contributed by atoms with van der Waals surface area (Å²) in [5.74, 6) is 8.78. The van der Waals surface area contributed by atoms with Gasteiger partial charge in [0.2, 0.25) is 0 Å². The van der Waals surface area contributed by atoms with Crippen LogP contribution in [0.2, 0.25) is 0 Å². The molecule has 0 aromatic heterocycles. The van der Waals surface area contributed by atoms with Crippen molar-refractivity contribution in [3.8, 4) is 24.2 Å². The number of fused-ring (bicyclic) bond motifs is 1. The molecule has 0 radical (unpaired) electrons. The van der Waals surface area contributed by atoms with E-state index in [1.54, 1.807) is 0 Å². The summed E-state index contributed by atoms with van der Waals surface area (Å²) >= 11 is 0. The molecule has 0 saturated heterocycles. The normalized spacial score (nSPS) is 10.8. The number of aliphatic hydroxyl groups is 1. The number of terminal acetylenes is 1. The van der Waals surface area contributed by atoms with Gasteiger partial charge in [0, 0.05) is 18.4 Å². The molecule has 0 aliphatic heterocycles. The number of benzene rings is 2. The Balaban J connectivity index is 2.07. The Morgan fingerprint density at radius 3 is 2.59 bits per heavy atom. The van der Waals surface area contributed by atoms with E-state index in [2.05, 4.69) is 42.0 Å². The van der Waals surface area contributed by atoms with Crippen molar-refractivity contribution in [2.45, 2.75) is 25.7 Å². The summed E-state index contributed by atoms with van der Waals surface area (Å²) in [6.07, 6.45) is 10.8. The Bertz CT molecular complexity index is 751. The van der Waals surface area contributed by atoms with E-state index in [0.717, 1.165) is 36.8 Å². The van der Waals surface area contributed by atoms with Gasteiger partial charge in [-0.1, -0.05) is 48.2 Å². The van der Waals surface area contributed by atoms with Crippen LogP contribution < -0.4 is 0 Å². The highest BCUT2D eigenvalue weighted by molar-refractivity contribution is 5.85. The van der Waals surface area contributed by atoms with E-state index < -0.39 is 0 Å². The minimum Gasteiger partial charge on any atom is -0.391 e. The lowest BCUT2D eigenvalue weighted by Crippen LogP contribution is -1.87. The number of unbranched alkanes of at least 4 members (excludes halogenated alkanes) is 3. The lowest BCUT2D eigenvalue weighted by molar-refractivity contribution is 0.337. The lowest BCUT2D eigenvalue weighted by atomic mass is 10.1. The van der Waals surface area contributed by atoms with Gasteiger partial charge in [-0.25, -0.2) is 0 Å². The average molecular weight is 288 g/mol. The summed E-state index contributed by atoms with van der Waals surface area (Å²) in [5, 5.41) is 11.8. The number of hydrogen-bond donors (Lipinski definition) is 1. The van der Waals surface area contributed by atoms with Crippen molar-refractivity contribution >= 4 is 16.8 Å². The summed E-state index contributed by atoms with van der Waals surface area (Å²) in [4.78, 5) is 0. The van der Waals surface area contributed by atoms with Crippen molar-refractivity contribution in [3.05, 3.63) is 53.6 Å². The Kier molecular flexibility index (Phi) is 6.31. The van der Waals surface area contributed by atoms with Crippen LogP contribution in [0, 0.1) is 24.2 Å². The predicted octanol–water partition coefficient (Wildman–Crippen LogP) is 4.41. The molecule has 0 unspecified atom stereocenters. The summed E-state index contributed by atoms with van der Waals surface area (Å²) in [7, 11) is 0. The quantitative estimate of drug-likeness (QED) is 0.638. The van der Waals surface area contributed by atoms with Crippen LogP contribution >= 0.6 is 0 Å². The second-order valence-electron chi connectivity index (χ2n) is 5.15. The third kappa shape index (κ3) is 4.81. The van der Waals surface area contributed by atoms with Gasteiger partial charge >= 0.3 is 0 Å². The molecule has 1 nitrogen and oxygen atoms in total. The Morgan fingerprint density at radius 1 is 1.05 bits per heavy atom. The minimum absolute atomic E-state index is 0.0375. The first-order valence-corrected chi connectivity index (χ1v) is 7.56. The van der Waals surface area contributed by atoms with Crippen molar-refractivity contribution in [1.82, 2.24) is 0 Å². The first-order valence-electron chi connectivity index (χ1n) is 7.56. The predicted molar refractivity (Wildman–Crippen MR) is 94.1 cm³/mol. The van der Waals surface area contributed by atoms with Gasteiger partial charge in [0.15, 0.2) is 0 Å². The molecule has 1 heteroatoms. The topological polar surface area (TPSA) is 20.2 Å². The third-order valence-electron chi connectivity index (χ3n) is 3.41. The smallest absolute Gasteiger partial charge is 0.0760 e. The molecule has 0 aliphatic rings. The summed E-state index contributed by atoms with van der Waals surface area (Å²) in [6, 6.07) is 14.5. The molecule has 0 bridgehead atoms. The van der Waals surface area contributed by atoms with Crippen molar-refractivity contribution in [1.29, 1.82) is 0 Å². The minimum atomic E-state index is -0.0375. The second-order valence-corrected chi connectivity index (χ2v) is 5.15. The molecule has 0 spiro atoms. The van der Waals surface area contributed by atoms with Gasteiger partial charge in [-0.3, -0.25) is 0 Å². The zero-order chi connectivity index (χ0) is 15.6. The van der Waals surface area contributed by atoms with Gasteiger partial charge in [0.05, 0.1) is 6.61 Å². The molecule has 0 saturated carbocycles. The molecule has 22 heavy (non-hydrogen) atoms. The maximum absolute atomic E-state index is 9.44. The zero-order valence-electron chi connectivity index (χ0n) is 12.7. The molecular weight excluding hydrogens is 268 g/mol. The van der Waals surface area contributed by atoms with Gasteiger partial charge in [0.1, 0.15) is 0 Å². The third-order valence-corrected chi connectivity index (χ3v) is 3.41. The fourth-order valence-corrected chi connectivity index (χ4v) is 2.24. The first-order chi connectivity index (χ1) is 10.8. The van der Waals surface area contributed by atoms with Crippen LogP contribution in [0.3, 0.4) is 0 Å². The van der Waals surface area contributed by atoms with E-state index in [-0.39, 0.29) is 6.61 Å². The molecule has 1 N–H and O–H groups in total. The van der Waals surface area contributed by atoms with Crippen molar-refractivity contribution in [2.75, 3.05) is 6.61 Å². The van der Waals surface area contributed by atoms with Crippen LogP contribution in [0.4, 0.5) is 0 Å². The highest BCUT2D eigenvalue weighted by atomic mass is 16.3. The van der Waals surface area contributed by atoms with Crippen LogP contribution in [-0.4, -0.2) is 11.7 Å². The number of hydrogen-bond acceptors (Lipinski definition) is 1. The van der Waals surface area contributed by atoms with Crippen LogP contribution in [0.1, 0.15) is 31.2 Å². The van der Waals surface area contributed by atoms with E-state index in [0.29, 0.717) is 0 Å². The molecule has 0 heterocycles. The number of rotatable bonds is 5. The molecular formula is C21H20O. The van der Waals surface area contributed by atoms with E-state index >= 15 is 0 Å². The summed E-state index contributed by atoms with van der Waals surface area (Å²) in [6.45, 7) is -0.0375. The van der Waals surface area contributed by atoms with Crippen LogP contribution in [0.25, 0.3) is 16.8 Å². The van der Waals surface area contributed by atoms with E-state index in [4.69, 9.17) is 6.42 Å². The maximum Gasteiger partial charge on any atom is 0.0760 e. The molecule has 0 atom stereocenters. The summed E-state index contributed by atoms with van der Waals surface area (Å²) in [5.41, 5.74) is 1.80. The van der Waals surface area contributed by atoms with Crippen LogP contribution in [-0.2, 0) is 0 Å². The van der Waals surface area contributed by atoms with Gasteiger partial charge in [-0.15, -0.1) is 12.3 Å². The lowest BCUT2D eigenvalue weighted by Gasteiger charge is -2.00. The van der Waals surface area contributed by atoms with Gasteiger partial charge in [0.25, 0.3) is 0 Å². The van der Waals surface area contributed by atoms with E-state index in [9.17, 15) is 5.11 Å². The largest absolute Gasteiger partial charge is 0.391 e. The zero-order valence-corrected chi connectivity index (χ0v) is 12.7. The maximum atomic E-state index is 9.44. The Labute approximate surface area is 132 Å². The fourth-order valence-electron chi connectivity index (χ4n) is 2.24. The molecule has 2 rings (SSSR count). The Hall–Kier alpha value is -2.48.